The van der Waals surface area contributed by atoms with Gasteiger partial charge in [0.05, 0.1) is 12.5 Å². The SMILES string of the molecule is CCCCCCCC/C=C\CCCCCCC(CC)C(=O)OCC. The van der Waals surface area contributed by atoms with Crippen LogP contribution in [0.4, 0.5) is 0 Å². The van der Waals surface area contributed by atoms with Gasteiger partial charge in [-0.15, -0.1) is 0 Å². The van der Waals surface area contributed by atoms with Crippen LogP contribution in [0.2, 0.25) is 0 Å². The minimum Gasteiger partial charge on any atom is -0.466 e. The third-order valence-corrected chi connectivity index (χ3v) is 4.68. The van der Waals surface area contributed by atoms with Crippen LogP contribution in [0.5, 0.6) is 0 Å². The van der Waals surface area contributed by atoms with Crippen LogP contribution in [0.1, 0.15) is 111 Å². The van der Waals surface area contributed by atoms with Crippen molar-refractivity contribution in [2.24, 2.45) is 5.92 Å². The maximum absolute atomic E-state index is 11.7. The first-order valence-electron chi connectivity index (χ1n) is 10.6. The molecule has 2 heteroatoms. The first-order chi connectivity index (χ1) is 11.8. The molecule has 0 amide bonds. The Hall–Kier alpha value is -0.790. The molecule has 0 rings (SSSR count). The summed E-state index contributed by atoms with van der Waals surface area (Å²) < 4.78 is 5.12. The summed E-state index contributed by atoms with van der Waals surface area (Å²) in [6.45, 7) is 6.73. The normalized spacial score (nSPS) is 12.6. The number of rotatable bonds is 17. The average molecular weight is 339 g/mol. The van der Waals surface area contributed by atoms with Gasteiger partial charge in [0.15, 0.2) is 0 Å². The number of carbonyl (C=O) groups excluding carboxylic acids is 1. The summed E-state index contributed by atoms with van der Waals surface area (Å²) in [6, 6.07) is 0. The average Bonchev–Trinajstić information content (AvgIpc) is 2.58. The zero-order valence-corrected chi connectivity index (χ0v) is 16.7. The van der Waals surface area contributed by atoms with Crippen molar-refractivity contribution in [2.45, 2.75) is 111 Å². The van der Waals surface area contributed by atoms with Crippen LogP contribution >= 0.6 is 0 Å². The van der Waals surface area contributed by atoms with Crippen molar-refractivity contribution in [1.82, 2.24) is 0 Å². The van der Waals surface area contributed by atoms with Gasteiger partial charge in [0, 0.05) is 0 Å². The van der Waals surface area contributed by atoms with Gasteiger partial charge < -0.3 is 4.74 Å². The summed E-state index contributed by atoms with van der Waals surface area (Å²) in [7, 11) is 0. The lowest BCUT2D eigenvalue weighted by atomic mass is 9.98. The van der Waals surface area contributed by atoms with E-state index in [1.54, 1.807) is 0 Å². The fraction of sp³-hybridized carbons (Fsp3) is 0.864. The van der Waals surface area contributed by atoms with Crippen molar-refractivity contribution >= 4 is 5.97 Å². The highest BCUT2D eigenvalue weighted by Crippen LogP contribution is 2.16. The van der Waals surface area contributed by atoms with E-state index in [1.165, 1.54) is 70.6 Å². The number of unbranched alkanes of at least 4 members (excludes halogenated alkanes) is 10. The lowest BCUT2D eigenvalue weighted by molar-refractivity contribution is -0.148. The van der Waals surface area contributed by atoms with Gasteiger partial charge in [0.1, 0.15) is 0 Å². The Balaban J connectivity index is 3.37. The molecule has 0 radical (unpaired) electrons. The fourth-order valence-electron chi connectivity index (χ4n) is 3.03. The van der Waals surface area contributed by atoms with Crippen LogP contribution in [0, 0.1) is 5.92 Å². The summed E-state index contributed by atoms with van der Waals surface area (Å²) in [4.78, 5) is 11.7. The molecule has 24 heavy (non-hydrogen) atoms. The van der Waals surface area contributed by atoms with Crippen molar-refractivity contribution in [2.75, 3.05) is 6.61 Å². The Morgan fingerprint density at radius 3 is 1.88 bits per heavy atom. The predicted molar refractivity (Wildman–Crippen MR) is 105 cm³/mol. The molecule has 0 aromatic rings. The monoisotopic (exact) mass is 338 g/mol. The second-order valence-electron chi connectivity index (χ2n) is 6.88. The third kappa shape index (κ3) is 14.8. The van der Waals surface area contributed by atoms with Crippen LogP contribution < -0.4 is 0 Å². The molecule has 0 N–H and O–H groups in total. The third-order valence-electron chi connectivity index (χ3n) is 4.68. The Labute approximate surface area is 151 Å². The van der Waals surface area contributed by atoms with E-state index in [2.05, 4.69) is 26.0 Å². The molecular weight excluding hydrogens is 296 g/mol. The molecule has 0 aliphatic rings. The van der Waals surface area contributed by atoms with Gasteiger partial charge in [0.25, 0.3) is 0 Å². The lowest BCUT2D eigenvalue weighted by Gasteiger charge is -2.12. The number of allylic oxidation sites excluding steroid dienone is 2. The molecule has 0 aromatic heterocycles. The number of carbonyl (C=O) groups is 1. The minimum absolute atomic E-state index is 0.00220. The number of ether oxygens (including phenoxy) is 1. The summed E-state index contributed by atoms with van der Waals surface area (Å²) in [5, 5.41) is 0. The molecule has 0 aliphatic heterocycles. The highest BCUT2D eigenvalue weighted by atomic mass is 16.5. The van der Waals surface area contributed by atoms with E-state index in [-0.39, 0.29) is 11.9 Å². The molecular formula is C22H42O2. The second kappa shape index (κ2) is 18.5. The van der Waals surface area contributed by atoms with Gasteiger partial charge in [-0.25, -0.2) is 0 Å². The molecule has 0 aliphatic carbocycles. The zero-order chi connectivity index (χ0) is 17.9. The predicted octanol–water partition coefficient (Wildman–Crippen LogP) is 7.22. The number of hydrogen-bond donors (Lipinski definition) is 0. The maximum atomic E-state index is 11.7. The Bertz CT molecular complexity index is 296. The van der Waals surface area contributed by atoms with Gasteiger partial charge >= 0.3 is 5.97 Å². The molecule has 0 saturated heterocycles. The molecule has 0 heterocycles. The van der Waals surface area contributed by atoms with Crippen LogP contribution in [-0.2, 0) is 9.53 Å². The zero-order valence-electron chi connectivity index (χ0n) is 16.7. The largest absolute Gasteiger partial charge is 0.466 e. The minimum atomic E-state index is -0.00220. The van der Waals surface area contributed by atoms with Gasteiger partial charge in [-0.3, -0.25) is 4.79 Å². The fourth-order valence-corrected chi connectivity index (χ4v) is 3.03. The van der Waals surface area contributed by atoms with Crippen LogP contribution in [0.15, 0.2) is 12.2 Å². The topological polar surface area (TPSA) is 26.3 Å². The maximum Gasteiger partial charge on any atom is 0.308 e. The Morgan fingerprint density at radius 1 is 0.792 bits per heavy atom. The molecule has 2 nitrogen and oxygen atoms in total. The van der Waals surface area contributed by atoms with Crippen molar-refractivity contribution in [3.63, 3.8) is 0 Å². The molecule has 0 spiro atoms. The first-order valence-corrected chi connectivity index (χ1v) is 10.6. The highest BCUT2D eigenvalue weighted by molar-refractivity contribution is 5.72. The van der Waals surface area contributed by atoms with Crippen molar-refractivity contribution in [3.05, 3.63) is 12.2 Å². The van der Waals surface area contributed by atoms with E-state index in [0.717, 1.165) is 19.3 Å². The van der Waals surface area contributed by atoms with Crippen molar-refractivity contribution in [1.29, 1.82) is 0 Å². The summed E-state index contributed by atoms with van der Waals surface area (Å²) >= 11 is 0. The van der Waals surface area contributed by atoms with Crippen LogP contribution in [0.3, 0.4) is 0 Å². The summed E-state index contributed by atoms with van der Waals surface area (Å²) in [5.74, 6) is 0.111. The molecule has 142 valence electrons. The quantitative estimate of drug-likeness (QED) is 0.159. The highest BCUT2D eigenvalue weighted by Gasteiger charge is 2.16. The summed E-state index contributed by atoms with van der Waals surface area (Å²) in [6.07, 6.45) is 22.3. The summed E-state index contributed by atoms with van der Waals surface area (Å²) in [5.41, 5.74) is 0. The van der Waals surface area contributed by atoms with Crippen LogP contribution in [0.25, 0.3) is 0 Å². The van der Waals surface area contributed by atoms with E-state index in [9.17, 15) is 4.79 Å². The lowest BCUT2D eigenvalue weighted by Crippen LogP contribution is -2.16. The number of hydrogen-bond acceptors (Lipinski definition) is 2. The molecule has 0 fully saturated rings. The van der Waals surface area contributed by atoms with E-state index >= 15 is 0 Å². The second-order valence-corrected chi connectivity index (χ2v) is 6.88. The molecule has 0 saturated carbocycles. The molecule has 1 unspecified atom stereocenters. The molecule has 0 aromatic carbocycles. The first kappa shape index (κ1) is 23.2. The van der Waals surface area contributed by atoms with E-state index in [0.29, 0.717) is 6.61 Å². The van der Waals surface area contributed by atoms with Gasteiger partial charge in [-0.2, -0.15) is 0 Å². The van der Waals surface area contributed by atoms with Gasteiger partial charge in [-0.05, 0) is 45.4 Å². The smallest absolute Gasteiger partial charge is 0.308 e. The van der Waals surface area contributed by atoms with Gasteiger partial charge in [0.2, 0.25) is 0 Å². The van der Waals surface area contributed by atoms with E-state index < -0.39 is 0 Å². The number of esters is 1. The molecule has 1 atom stereocenters. The van der Waals surface area contributed by atoms with E-state index in [1.807, 2.05) is 6.92 Å². The Morgan fingerprint density at radius 2 is 1.33 bits per heavy atom. The van der Waals surface area contributed by atoms with E-state index in [4.69, 9.17) is 4.74 Å². The van der Waals surface area contributed by atoms with Crippen molar-refractivity contribution < 1.29 is 9.53 Å². The Kier molecular flexibility index (Phi) is 17.9. The molecule has 0 bridgehead atoms. The standard InChI is InChI=1S/C22H42O2/c1-4-7-8-9-10-11-12-13-14-15-16-17-18-19-20-21(5-2)22(23)24-6-3/h13-14,21H,4-12,15-20H2,1-3H3/b14-13-. The van der Waals surface area contributed by atoms with Crippen LogP contribution in [-0.4, -0.2) is 12.6 Å². The van der Waals surface area contributed by atoms with Crippen molar-refractivity contribution in [3.8, 4) is 0 Å². The van der Waals surface area contributed by atoms with Gasteiger partial charge in [-0.1, -0.05) is 77.4 Å².